The zero-order valence-corrected chi connectivity index (χ0v) is 24.7. The van der Waals surface area contributed by atoms with Gasteiger partial charge in [0.2, 0.25) is 0 Å². The summed E-state index contributed by atoms with van der Waals surface area (Å²) in [5, 5.41) is 4.24. The number of ether oxygens (including phenoxy) is 4. The molecule has 0 aromatic heterocycles. The van der Waals surface area contributed by atoms with Gasteiger partial charge in [0.1, 0.15) is 12.4 Å². The molecule has 0 amide bonds. The number of hydrogen-bond donors (Lipinski definition) is 1. The standard InChI is InChI=1S/C32H38N2O5S/c1-6-21-10-9-11-22(7-2)30(21)33-32(40)34-17-16-24-18-28(36-4)29(37-5)19-26(24)27(34)20-39-25-14-12-23(13-15-25)31(35)38-8-3/h9-15,18-19,27H,6-8,16-17,20H2,1-5H3,(H,33,40)/t27-/m0/s1. The predicted octanol–water partition coefficient (Wildman–Crippen LogP) is 6.38. The van der Waals surface area contributed by atoms with E-state index < -0.39 is 0 Å². The number of anilines is 1. The molecule has 0 unspecified atom stereocenters. The van der Waals surface area contributed by atoms with Crippen LogP contribution in [0.4, 0.5) is 5.69 Å². The van der Waals surface area contributed by atoms with E-state index in [0.717, 1.165) is 37.1 Å². The third kappa shape index (κ3) is 6.33. The van der Waals surface area contributed by atoms with Crippen LogP contribution in [0.1, 0.15) is 59.4 Å². The Hall–Kier alpha value is -3.78. The molecule has 3 aromatic carbocycles. The quantitative estimate of drug-likeness (QED) is 0.226. The highest BCUT2D eigenvalue weighted by Gasteiger charge is 2.32. The van der Waals surface area contributed by atoms with Gasteiger partial charge < -0.3 is 29.2 Å². The highest BCUT2D eigenvalue weighted by Crippen LogP contribution is 2.39. The molecule has 1 N–H and O–H groups in total. The van der Waals surface area contributed by atoms with Crippen LogP contribution < -0.4 is 19.5 Å². The Kier molecular flexibility index (Phi) is 9.88. The Morgan fingerprint density at radius 3 is 2.23 bits per heavy atom. The number of esters is 1. The Morgan fingerprint density at radius 1 is 0.975 bits per heavy atom. The SMILES string of the molecule is CCOC(=O)c1ccc(OC[C@H]2c3cc(OC)c(OC)cc3CCN2C(=S)Nc2c(CC)cccc2CC)cc1. The average Bonchev–Trinajstić information content (AvgIpc) is 2.99. The zero-order valence-electron chi connectivity index (χ0n) is 23.9. The Balaban J connectivity index is 1.64. The number of methoxy groups -OCH3 is 2. The molecule has 0 radical (unpaired) electrons. The smallest absolute Gasteiger partial charge is 0.338 e. The van der Waals surface area contributed by atoms with E-state index in [4.69, 9.17) is 31.2 Å². The topological polar surface area (TPSA) is 69.3 Å². The van der Waals surface area contributed by atoms with Gasteiger partial charge in [-0.2, -0.15) is 0 Å². The van der Waals surface area contributed by atoms with Gasteiger partial charge in [0.15, 0.2) is 16.6 Å². The van der Waals surface area contributed by atoms with Crippen molar-refractivity contribution in [1.29, 1.82) is 0 Å². The summed E-state index contributed by atoms with van der Waals surface area (Å²) in [5.41, 5.74) is 6.30. The van der Waals surface area contributed by atoms with E-state index in [0.29, 0.717) is 41.1 Å². The minimum atomic E-state index is -0.349. The van der Waals surface area contributed by atoms with Gasteiger partial charge in [-0.1, -0.05) is 32.0 Å². The minimum absolute atomic E-state index is 0.174. The van der Waals surface area contributed by atoms with E-state index >= 15 is 0 Å². The first-order chi connectivity index (χ1) is 19.4. The van der Waals surface area contributed by atoms with Crippen LogP contribution >= 0.6 is 12.2 Å². The van der Waals surface area contributed by atoms with Crippen LogP contribution in [0.5, 0.6) is 17.2 Å². The summed E-state index contributed by atoms with van der Waals surface area (Å²) < 4.78 is 22.6. The highest BCUT2D eigenvalue weighted by atomic mass is 32.1. The van der Waals surface area contributed by atoms with Crippen LogP contribution in [-0.4, -0.2) is 50.0 Å². The summed E-state index contributed by atoms with van der Waals surface area (Å²) in [6, 6.07) is 17.3. The molecule has 0 spiro atoms. The fourth-order valence-electron chi connectivity index (χ4n) is 5.11. The molecule has 7 nitrogen and oxygen atoms in total. The van der Waals surface area contributed by atoms with Crippen LogP contribution in [0, 0.1) is 0 Å². The Labute approximate surface area is 242 Å². The van der Waals surface area contributed by atoms with Crippen molar-refractivity contribution >= 4 is 29.0 Å². The Bertz CT molecular complexity index is 1320. The van der Waals surface area contributed by atoms with Crippen LogP contribution in [0.25, 0.3) is 0 Å². The van der Waals surface area contributed by atoms with E-state index in [-0.39, 0.29) is 12.0 Å². The number of hydrogen-bond acceptors (Lipinski definition) is 6. The molecule has 0 saturated carbocycles. The van der Waals surface area contributed by atoms with Crippen molar-refractivity contribution in [2.45, 2.75) is 46.1 Å². The molecule has 1 aliphatic rings. The van der Waals surface area contributed by atoms with Crippen LogP contribution in [-0.2, 0) is 24.0 Å². The maximum absolute atomic E-state index is 12.1. The summed E-state index contributed by atoms with van der Waals surface area (Å²) in [5.74, 6) is 1.67. The molecule has 1 heterocycles. The largest absolute Gasteiger partial charge is 0.493 e. The normalized spacial score (nSPS) is 14.2. The van der Waals surface area contributed by atoms with Gasteiger partial charge in [0.25, 0.3) is 0 Å². The molecular formula is C32H38N2O5S. The summed E-state index contributed by atoms with van der Waals surface area (Å²) >= 11 is 6.04. The summed E-state index contributed by atoms with van der Waals surface area (Å²) in [4.78, 5) is 14.3. The minimum Gasteiger partial charge on any atom is -0.493 e. The van der Waals surface area contributed by atoms with E-state index in [1.54, 1.807) is 45.4 Å². The number of para-hydroxylation sites is 1. The predicted molar refractivity (Wildman–Crippen MR) is 162 cm³/mol. The van der Waals surface area contributed by atoms with Crippen LogP contribution in [0.15, 0.2) is 54.6 Å². The lowest BCUT2D eigenvalue weighted by Crippen LogP contribution is -2.44. The van der Waals surface area contributed by atoms with E-state index in [1.807, 2.05) is 12.1 Å². The van der Waals surface area contributed by atoms with Gasteiger partial charge >= 0.3 is 5.97 Å². The average molecular weight is 563 g/mol. The number of carbonyl (C=O) groups excluding carboxylic acids is 1. The lowest BCUT2D eigenvalue weighted by molar-refractivity contribution is 0.0526. The van der Waals surface area contributed by atoms with Crippen molar-refractivity contribution < 1.29 is 23.7 Å². The molecule has 40 heavy (non-hydrogen) atoms. The molecule has 1 atom stereocenters. The molecule has 212 valence electrons. The summed E-state index contributed by atoms with van der Waals surface area (Å²) in [6.07, 6.45) is 2.62. The molecule has 1 aliphatic heterocycles. The summed E-state index contributed by atoms with van der Waals surface area (Å²) in [6.45, 7) is 7.50. The van der Waals surface area contributed by atoms with Gasteiger partial charge in [-0.3, -0.25) is 0 Å². The number of fused-ring (bicyclic) bond motifs is 1. The van der Waals surface area contributed by atoms with Gasteiger partial charge in [0.05, 0.1) is 32.4 Å². The zero-order chi connectivity index (χ0) is 28.6. The second-order valence-corrected chi connectivity index (χ2v) is 9.90. The second-order valence-electron chi connectivity index (χ2n) is 9.51. The van der Waals surface area contributed by atoms with Gasteiger partial charge in [0, 0.05) is 12.2 Å². The number of aryl methyl sites for hydroxylation is 2. The van der Waals surface area contributed by atoms with Crippen molar-refractivity contribution in [3.63, 3.8) is 0 Å². The van der Waals surface area contributed by atoms with E-state index in [1.165, 1.54) is 16.7 Å². The maximum atomic E-state index is 12.1. The number of thiocarbonyl (C=S) groups is 1. The Morgan fingerprint density at radius 2 is 1.62 bits per heavy atom. The molecular weight excluding hydrogens is 524 g/mol. The number of benzene rings is 3. The van der Waals surface area contributed by atoms with Gasteiger partial charge in [-0.15, -0.1) is 0 Å². The second kappa shape index (κ2) is 13.5. The molecule has 0 bridgehead atoms. The third-order valence-electron chi connectivity index (χ3n) is 7.27. The fraction of sp³-hybridized carbons (Fsp3) is 0.375. The molecule has 0 saturated heterocycles. The number of nitrogens with zero attached hydrogens (tertiary/aromatic N) is 1. The third-order valence-corrected chi connectivity index (χ3v) is 7.60. The highest BCUT2D eigenvalue weighted by molar-refractivity contribution is 7.80. The maximum Gasteiger partial charge on any atom is 0.338 e. The van der Waals surface area contributed by atoms with Crippen molar-refractivity contribution in [3.8, 4) is 17.2 Å². The first-order valence-corrected chi connectivity index (χ1v) is 14.2. The number of nitrogens with one attached hydrogen (secondary N) is 1. The van der Waals surface area contributed by atoms with Gasteiger partial charge in [-0.25, -0.2) is 4.79 Å². The molecule has 3 aromatic rings. The fourth-order valence-corrected chi connectivity index (χ4v) is 5.43. The van der Waals surface area contributed by atoms with E-state index in [9.17, 15) is 4.79 Å². The first kappa shape index (κ1) is 29.2. The van der Waals surface area contributed by atoms with Crippen LogP contribution in [0.3, 0.4) is 0 Å². The molecule has 0 aliphatic carbocycles. The molecule has 4 rings (SSSR count). The van der Waals surface area contributed by atoms with Crippen molar-refractivity contribution in [3.05, 3.63) is 82.4 Å². The number of rotatable bonds is 10. The summed E-state index contributed by atoms with van der Waals surface area (Å²) in [7, 11) is 3.29. The molecule has 8 heteroatoms. The van der Waals surface area contributed by atoms with Crippen molar-refractivity contribution in [1.82, 2.24) is 4.90 Å². The lowest BCUT2D eigenvalue weighted by Gasteiger charge is -2.39. The van der Waals surface area contributed by atoms with Crippen LogP contribution in [0.2, 0.25) is 0 Å². The number of carbonyl (C=O) groups is 1. The lowest BCUT2D eigenvalue weighted by atomic mass is 9.92. The van der Waals surface area contributed by atoms with E-state index in [2.05, 4.69) is 42.3 Å². The van der Waals surface area contributed by atoms with Crippen molar-refractivity contribution in [2.75, 3.05) is 39.3 Å². The first-order valence-electron chi connectivity index (χ1n) is 13.8. The van der Waals surface area contributed by atoms with Gasteiger partial charge in [-0.05, 0) is 97.1 Å². The van der Waals surface area contributed by atoms with Crippen molar-refractivity contribution in [2.24, 2.45) is 0 Å². The molecule has 0 fully saturated rings. The monoisotopic (exact) mass is 562 g/mol.